The first-order valence-electron chi connectivity index (χ1n) is 9.98. The molecule has 2 aliphatic rings. The zero-order valence-corrected chi connectivity index (χ0v) is 18.6. The van der Waals surface area contributed by atoms with Gasteiger partial charge in [-0.15, -0.1) is 0 Å². The standard InChI is InChI=1S/C22H22N2O7S/c1-28-17-7-12-4-5-24(32(3,26)27)21(14(12)9-18(17)29-2)15-6-13-8-19-20(31-11-30-19)10-16(13)23-22(15)25/h6-10,21H,4-5,11H2,1-3H3,(H,23,25)/t21-/m0/s1. The normalized spacial score (nSPS) is 17.9. The Morgan fingerprint density at radius 2 is 1.69 bits per heavy atom. The third-order valence-electron chi connectivity index (χ3n) is 5.92. The van der Waals surface area contributed by atoms with E-state index in [9.17, 15) is 13.2 Å². The monoisotopic (exact) mass is 458 g/mol. The molecule has 5 rings (SSSR count). The van der Waals surface area contributed by atoms with Gasteiger partial charge in [0.05, 0.1) is 32.0 Å². The second-order valence-electron chi connectivity index (χ2n) is 7.78. The van der Waals surface area contributed by atoms with Gasteiger partial charge in [-0.05, 0) is 41.8 Å². The minimum absolute atomic E-state index is 0.113. The van der Waals surface area contributed by atoms with Gasteiger partial charge in [0.25, 0.3) is 5.56 Å². The number of ether oxygens (including phenoxy) is 4. The van der Waals surface area contributed by atoms with Crippen molar-refractivity contribution in [2.45, 2.75) is 12.5 Å². The smallest absolute Gasteiger partial charge is 0.253 e. The molecule has 2 aliphatic heterocycles. The number of hydrogen-bond donors (Lipinski definition) is 1. The molecule has 1 atom stereocenters. The van der Waals surface area contributed by atoms with Crippen LogP contribution in [0, 0.1) is 0 Å². The van der Waals surface area contributed by atoms with Crippen LogP contribution in [0.4, 0.5) is 0 Å². The summed E-state index contributed by atoms with van der Waals surface area (Å²) in [5.74, 6) is 2.15. The van der Waals surface area contributed by atoms with Crippen LogP contribution < -0.4 is 24.5 Å². The number of aromatic nitrogens is 1. The van der Waals surface area contributed by atoms with Gasteiger partial charge >= 0.3 is 0 Å². The van der Waals surface area contributed by atoms with Crippen molar-refractivity contribution in [2.75, 3.05) is 33.8 Å². The summed E-state index contributed by atoms with van der Waals surface area (Å²) < 4.78 is 48.5. The molecule has 32 heavy (non-hydrogen) atoms. The van der Waals surface area contributed by atoms with E-state index < -0.39 is 16.1 Å². The second-order valence-corrected chi connectivity index (χ2v) is 9.71. The lowest BCUT2D eigenvalue weighted by molar-refractivity contribution is 0.174. The van der Waals surface area contributed by atoms with Crippen molar-refractivity contribution in [3.63, 3.8) is 0 Å². The summed E-state index contributed by atoms with van der Waals surface area (Å²) in [5.41, 5.74) is 2.10. The Bertz CT molecular complexity index is 1400. The van der Waals surface area contributed by atoms with E-state index in [1.54, 1.807) is 31.4 Å². The van der Waals surface area contributed by atoms with Gasteiger partial charge in [0, 0.05) is 23.6 Å². The van der Waals surface area contributed by atoms with E-state index in [2.05, 4.69) is 4.98 Å². The molecular weight excluding hydrogens is 436 g/mol. The van der Waals surface area contributed by atoms with E-state index in [0.717, 1.165) is 11.8 Å². The van der Waals surface area contributed by atoms with Crippen LogP contribution in [0.3, 0.4) is 0 Å². The average molecular weight is 458 g/mol. The third kappa shape index (κ3) is 3.26. The number of hydrogen-bond acceptors (Lipinski definition) is 7. The first kappa shape index (κ1) is 20.7. The van der Waals surface area contributed by atoms with Crippen LogP contribution in [0.15, 0.2) is 35.1 Å². The molecule has 0 bridgehead atoms. The number of H-pyrrole nitrogens is 1. The zero-order valence-electron chi connectivity index (χ0n) is 17.8. The Morgan fingerprint density at radius 1 is 1.00 bits per heavy atom. The lowest BCUT2D eigenvalue weighted by atomic mass is 9.89. The number of benzene rings is 2. The molecule has 0 fully saturated rings. The Morgan fingerprint density at radius 3 is 2.38 bits per heavy atom. The van der Waals surface area contributed by atoms with Gasteiger partial charge in [0.1, 0.15) is 0 Å². The molecule has 0 radical (unpaired) electrons. The molecule has 2 aromatic carbocycles. The van der Waals surface area contributed by atoms with Crippen molar-refractivity contribution < 1.29 is 27.4 Å². The number of sulfonamides is 1. The number of nitrogens with zero attached hydrogens (tertiary/aromatic N) is 1. The highest BCUT2D eigenvalue weighted by atomic mass is 32.2. The summed E-state index contributed by atoms with van der Waals surface area (Å²) in [6.45, 7) is 0.354. The van der Waals surface area contributed by atoms with Crippen LogP contribution in [-0.4, -0.2) is 51.5 Å². The number of fused-ring (bicyclic) bond motifs is 3. The number of nitrogens with one attached hydrogen (secondary N) is 1. The van der Waals surface area contributed by atoms with E-state index in [-0.39, 0.29) is 18.9 Å². The van der Waals surface area contributed by atoms with Crippen LogP contribution in [0.1, 0.15) is 22.7 Å². The molecule has 3 heterocycles. The Labute approximate surface area is 184 Å². The predicted molar refractivity (Wildman–Crippen MR) is 117 cm³/mol. The average Bonchev–Trinajstić information content (AvgIpc) is 3.22. The van der Waals surface area contributed by atoms with Crippen LogP contribution >= 0.6 is 0 Å². The lowest BCUT2D eigenvalue weighted by Crippen LogP contribution is -2.42. The number of rotatable bonds is 4. The fraction of sp³-hybridized carbons (Fsp3) is 0.318. The fourth-order valence-corrected chi connectivity index (χ4v) is 5.45. The molecule has 0 unspecified atom stereocenters. The molecular formula is C22H22N2O7S. The maximum absolute atomic E-state index is 13.2. The van der Waals surface area contributed by atoms with Crippen LogP contribution in [0.25, 0.3) is 10.9 Å². The SMILES string of the molecule is COc1cc2c(cc1OC)[C@@H](c1cc3cc4c(cc3[nH]c1=O)OCO4)N(S(C)(=O)=O)CC2. The quantitative estimate of drug-likeness (QED) is 0.639. The van der Waals surface area contributed by atoms with E-state index in [0.29, 0.717) is 51.4 Å². The molecule has 1 aromatic heterocycles. The van der Waals surface area contributed by atoms with Gasteiger partial charge in [-0.2, -0.15) is 4.31 Å². The molecule has 9 nitrogen and oxygen atoms in total. The van der Waals surface area contributed by atoms with Gasteiger partial charge in [-0.3, -0.25) is 4.79 Å². The summed E-state index contributed by atoms with van der Waals surface area (Å²) in [6, 6.07) is 7.98. The number of methoxy groups -OCH3 is 2. The molecule has 10 heteroatoms. The topological polar surface area (TPSA) is 107 Å². The van der Waals surface area contributed by atoms with E-state index >= 15 is 0 Å². The van der Waals surface area contributed by atoms with E-state index in [1.165, 1.54) is 11.4 Å². The molecule has 3 aromatic rings. The van der Waals surface area contributed by atoms with Crippen LogP contribution in [-0.2, 0) is 16.4 Å². The van der Waals surface area contributed by atoms with Crippen LogP contribution in [0.2, 0.25) is 0 Å². The van der Waals surface area contributed by atoms with Crippen molar-refractivity contribution in [3.8, 4) is 23.0 Å². The van der Waals surface area contributed by atoms with Crippen molar-refractivity contribution in [3.05, 3.63) is 57.4 Å². The molecule has 0 spiro atoms. The van der Waals surface area contributed by atoms with E-state index in [1.807, 2.05) is 6.07 Å². The highest BCUT2D eigenvalue weighted by Crippen LogP contribution is 2.42. The third-order valence-corrected chi connectivity index (χ3v) is 7.16. The highest BCUT2D eigenvalue weighted by Gasteiger charge is 2.37. The maximum atomic E-state index is 13.2. The Hall–Kier alpha value is -3.24. The van der Waals surface area contributed by atoms with E-state index in [4.69, 9.17) is 18.9 Å². The maximum Gasteiger partial charge on any atom is 0.253 e. The molecule has 0 saturated carbocycles. The van der Waals surface area contributed by atoms with Gasteiger partial charge in [0.2, 0.25) is 16.8 Å². The second kappa shape index (κ2) is 7.42. The van der Waals surface area contributed by atoms with Crippen molar-refractivity contribution in [1.29, 1.82) is 0 Å². The minimum atomic E-state index is -3.62. The highest BCUT2D eigenvalue weighted by molar-refractivity contribution is 7.88. The Kier molecular flexibility index (Phi) is 4.79. The molecule has 0 amide bonds. The lowest BCUT2D eigenvalue weighted by Gasteiger charge is -2.36. The van der Waals surface area contributed by atoms with Gasteiger partial charge in [-0.1, -0.05) is 0 Å². The summed E-state index contributed by atoms with van der Waals surface area (Å²) in [5, 5.41) is 0.713. The van der Waals surface area contributed by atoms with Gasteiger partial charge < -0.3 is 23.9 Å². The van der Waals surface area contributed by atoms with Crippen molar-refractivity contribution in [2.24, 2.45) is 0 Å². The molecule has 0 saturated heterocycles. The van der Waals surface area contributed by atoms with Crippen molar-refractivity contribution in [1.82, 2.24) is 9.29 Å². The first-order valence-corrected chi connectivity index (χ1v) is 11.8. The zero-order chi connectivity index (χ0) is 22.6. The largest absolute Gasteiger partial charge is 0.493 e. The van der Waals surface area contributed by atoms with Crippen molar-refractivity contribution >= 4 is 20.9 Å². The first-order chi connectivity index (χ1) is 15.3. The summed E-state index contributed by atoms with van der Waals surface area (Å²) in [4.78, 5) is 16.1. The predicted octanol–water partition coefficient (Wildman–Crippen LogP) is 2.18. The van der Waals surface area contributed by atoms with Gasteiger partial charge in [-0.25, -0.2) is 8.42 Å². The Balaban J connectivity index is 1.76. The minimum Gasteiger partial charge on any atom is -0.493 e. The summed E-state index contributed by atoms with van der Waals surface area (Å²) in [6.07, 6.45) is 1.64. The van der Waals surface area contributed by atoms with Crippen LogP contribution in [0.5, 0.6) is 23.0 Å². The fourth-order valence-electron chi connectivity index (χ4n) is 4.42. The summed E-state index contributed by atoms with van der Waals surface area (Å²) in [7, 11) is -0.554. The molecule has 1 N–H and O–H groups in total. The molecule has 0 aliphatic carbocycles. The molecule has 168 valence electrons. The number of pyridine rings is 1. The number of aromatic amines is 1. The van der Waals surface area contributed by atoms with Gasteiger partial charge in [0.15, 0.2) is 23.0 Å². The summed E-state index contributed by atoms with van der Waals surface area (Å²) >= 11 is 0.